The van der Waals surface area contributed by atoms with Gasteiger partial charge >= 0.3 is 5.97 Å². The fourth-order valence-electron chi connectivity index (χ4n) is 2.07. The summed E-state index contributed by atoms with van der Waals surface area (Å²) >= 11 is 3.25. The number of nitrogens with two attached hydrogens (primary N) is 1. The van der Waals surface area contributed by atoms with Gasteiger partial charge in [0.2, 0.25) is 0 Å². The standard InChI is InChI=1S/C14H13BrN2O5/c15-8-3-4-9-10(6-8)14(21)17(13(9)20)5-1-2-12(19)22-7-11(16)18/h3-4,6H,1-2,5,7H2,(H2,16,18). The van der Waals surface area contributed by atoms with E-state index in [4.69, 9.17) is 5.73 Å². The maximum atomic E-state index is 12.2. The maximum Gasteiger partial charge on any atom is 0.306 e. The van der Waals surface area contributed by atoms with Crippen LogP contribution in [0.1, 0.15) is 33.6 Å². The second kappa shape index (κ2) is 6.69. The number of ether oxygens (including phenoxy) is 1. The average Bonchev–Trinajstić information content (AvgIpc) is 2.69. The van der Waals surface area contributed by atoms with Crippen molar-refractivity contribution in [3.8, 4) is 0 Å². The molecule has 1 aromatic carbocycles. The number of amides is 3. The molecule has 0 atom stereocenters. The van der Waals surface area contributed by atoms with E-state index in [-0.39, 0.29) is 31.2 Å². The highest BCUT2D eigenvalue weighted by molar-refractivity contribution is 9.10. The van der Waals surface area contributed by atoms with Crippen molar-refractivity contribution < 1.29 is 23.9 Å². The first-order valence-electron chi connectivity index (χ1n) is 6.50. The quantitative estimate of drug-likeness (QED) is 0.591. The van der Waals surface area contributed by atoms with Crippen molar-refractivity contribution in [2.75, 3.05) is 13.2 Å². The van der Waals surface area contributed by atoms with E-state index in [1.54, 1.807) is 18.2 Å². The molecule has 0 unspecified atom stereocenters. The lowest BCUT2D eigenvalue weighted by Crippen LogP contribution is -2.31. The molecule has 8 heteroatoms. The molecule has 1 heterocycles. The molecule has 0 saturated heterocycles. The van der Waals surface area contributed by atoms with Crippen LogP contribution in [0.3, 0.4) is 0 Å². The minimum absolute atomic E-state index is 0.00954. The zero-order chi connectivity index (χ0) is 16.3. The predicted molar refractivity (Wildman–Crippen MR) is 78.9 cm³/mol. The lowest BCUT2D eigenvalue weighted by atomic mass is 10.1. The summed E-state index contributed by atoms with van der Waals surface area (Å²) in [6.07, 6.45) is 0.245. The molecule has 0 radical (unpaired) electrons. The number of primary amides is 1. The Labute approximate surface area is 134 Å². The van der Waals surface area contributed by atoms with Crippen molar-refractivity contribution in [2.24, 2.45) is 5.73 Å². The van der Waals surface area contributed by atoms with Gasteiger partial charge < -0.3 is 10.5 Å². The molecular formula is C14H13BrN2O5. The molecule has 0 aliphatic carbocycles. The van der Waals surface area contributed by atoms with Gasteiger partial charge in [-0.25, -0.2) is 0 Å². The summed E-state index contributed by atoms with van der Waals surface area (Å²) in [4.78, 5) is 47.2. The summed E-state index contributed by atoms with van der Waals surface area (Å²) in [5, 5.41) is 0. The molecule has 3 amide bonds. The van der Waals surface area contributed by atoms with Crippen LogP contribution in [0, 0.1) is 0 Å². The van der Waals surface area contributed by atoms with Crippen LogP contribution in [0.5, 0.6) is 0 Å². The van der Waals surface area contributed by atoms with E-state index in [2.05, 4.69) is 20.7 Å². The molecule has 2 N–H and O–H groups in total. The third-order valence-electron chi connectivity index (χ3n) is 3.07. The number of imide groups is 1. The molecular weight excluding hydrogens is 356 g/mol. The second-order valence-corrected chi connectivity index (χ2v) is 5.60. The minimum atomic E-state index is -0.737. The number of hydrogen-bond donors (Lipinski definition) is 1. The number of carbonyl (C=O) groups is 4. The largest absolute Gasteiger partial charge is 0.456 e. The zero-order valence-electron chi connectivity index (χ0n) is 11.5. The number of halogens is 1. The Hall–Kier alpha value is -2.22. The van der Waals surface area contributed by atoms with Gasteiger partial charge in [-0.05, 0) is 24.6 Å². The van der Waals surface area contributed by atoms with Crippen molar-refractivity contribution in [2.45, 2.75) is 12.8 Å². The van der Waals surface area contributed by atoms with E-state index in [0.29, 0.717) is 15.6 Å². The minimum Gasteiger partial charge on any atom is -0.456 e. The summed E-state index contributed by atoms with van der Waals surface area (Å²) < 4.78 is 5.30. The van der Waals surface area contributed by atoms with Gasteiger partial charge in [-0.15, -0.1) is 0 Å². The maximum absolute atomic E-state index is 12.2. The summed E-state index contributed by atoms with van der Waals surface area (Å²) in [7, 11) is 0. The first-order chi connectivity index (χ1) is 10.4. The van der Waals surface area contributed by atoms with E-state index in [0.717, 1.165) is 4.90 Å². The van der Waals surface area contributed by atoms with E-state index < -0.39 is 18.5 Å². The molecule has 0 saturated carbocycles. The Kier molecular flexibility index (Phi) is 4.92. The zero-order valence-corrected chi connectivity index (χ0v) is 13.1. The van der Waals surface area contributed by atoms with Gasteiger partial charge in [0.1, 0.15) is 0 Å². The highest BCUT2D eigenvalue weighted by Gasteiger charge is 2.35. The fraction of sp³-hybridized carbons (Fsp3) is 0.286. The van der Waals surface area contributed by atoms with Crippen LogP contribution < -0.4 is 5.73 Å². The Morgan fingerprint density at radius 1 is 1.18 bits per heavy atom. The number of nitrogens with zero attached hydrogens (tertiary/aromatic N) is 1. The smallest absolute Gasteiger partial charge is 0.306 e. The van der Waals surface area contributed by atoms with Crippen molar-refractivity contribution in [3.63, 3.8) is 0 Å². The van der Waals surface area contributed by atoms with Crippen molar-refractivity contribution >= 4 is 39.6 Å². The molecule has 0 aromatic heterocycles. The molecule has 7 nitrogen and oxygen atoms in total. The molecule has 1 aliphatic rings. The number of esters is 1. The molecule has 22 heavy (non-hydrogen) atoms. The third-order valence-corrected chi connectivity index (χ3v) is 3.56. The second-order valence-electron chi connectivity index (χ2n) is 4.68. The average molecular weight is 369 g/mol. The lowest BCUT2D eigenvalue weighted by Gasteiger charge is -2.13. The fourth-order valence-corrected chi connectivity index (χ4v) is 2.43. The van der Waals surface area contributed by atoms with E-state index in [1.165, 1.54) is 0 Å². The van der Waals surface area contributed by atoms with E-state index in [9.17, 15) is 19.2 Å². The Morgan fingerprint density at radius 2 is 1.86 bits per heavy atom. The number of benzene rings is 1. The van der Waals surface area contributed by atoms with Gasteiger partial charge in [-0.3, -0.25) is 24.1 Å². The number of carbonyl (C=O) groups excluding carboxylic acids is 4. The van der Waals surface area contributed by atoms with Gasteiger partial charge in [0.25, 0.3) is 17.7 Å². The van der Waals surface area contributed by atoms with Crippen molar-refractivity contribution in [3.05, 3.63) is 33.8 Å². The van der Waals surface area contributed by atoms with E-state index in [1.807, 2.05) is 0 Å². The van der Waals surface area contributed by atoms with Crippen LogP contribution in [-0.2, 0) is 14.3 Å². The van der Waals surface area contributed by atoms with Crippen LogP contribution in [0.4, 0.5) is 0 Å². The monoisotopic (exact) mass is 368 g/mol. The van der Waals surface area contributed by atoms with Crippen LogP contribution in [0.25, 0.3) is 0 Å². The van der Waals surface area contributed by atoms with Gasteiger partial charge in [0.05, 0.1) is 11.1 Å². The SMILES string of the molecule is NC(=O)COC(=O)CCCN1C(=O)c2ccc(Br)cc2C1=O. The molecule has 1 aliphatic heterocycles. The lowest BCUT2D eigenvalue weighted by molar-refractivity contribution is -0.147. The first kappa shape index (κ1) is 16.2. The summed E-state index contributed by atoms with van der Waals surface area (Å²) in [5.41, 5.74) is 5.54. The van der Waals surface area contributed by atoms with E-state index >= 15 is 0 Å². The highest BCUT2D eigenvalue weighted by atomic mass is 79.9. The topological polar surface area (TPSA) is 107 Å². The van der Waals surface area contributed by atoms with Crippen LogP contribution in [0.2, 0.25) is 0 Å². The van der Waals surface area contributed by atoms with Gasteiger partial charge in [0.15, 0.2) is 6.61 Å². The number of fused-ring (bicyclic) bond motifs is 1. The summed E-state index contributed by atoms with van der Waals surface area (Å²) in [6, 6.07) is 4.87. The summed E-state index contributed by atoms with van der Waals surface area (Å²) in [5.74, 6) is -2.10. The number of rotatable bonds is 6. The van der Waals surface area contributed by atoms with Crippen molar-refractivity contribution in [1.29, 1.82) is 0 Å². The summed E-state index contributed by atoms with van der Waals surface area (Å²) in [6.45, 7) is -0.366. The molecule has 0 fully saturated rings. The molecule has 2 rings (SSSR count). The van der Waals surface area contributed by atoms with Crippen LogP contribution >= 0.6 is 15.9 Å². The molecule has 0 bridgehead atoms. The van der Waals surface area contributed by atoms with Crippen molar-refractivity contribution in [1.82, 2.24) is 4.90 Å². The normalized spacial score (nSPS) is 13.2. The third kappa shape index (κ3) is 3.51. The number of hydrogen-bond acceptors (Lipinski definition) is 5. The Balaban J connectivity index is 1.90. The van der Waals surface area contributed by atoms with Crippen LogP contribution in [0.15, 0.2) is 22.7 Å². The predicted octanol–water partition coefficient (Wildman–Crippen LogP) is 0.854. The Bertz CT molecular complexity index is 659. The first-order valence-corrected chi connectivity index (χ1v) is 7.29. The molecule has 116 valence electrons. The van der Waals surface area contributed by atoms with Crippen LogP contribution in [-0.4, -0.2) is 41.7 Å². The van der Waals surface area contributed by atoms with Gasteiger partial charge in [-0.1, -0.05) is 15.9 Å². The van der Waals surface area contributed by atoms with Gasteiger partial charge in [-0.2, -0.15) is 0 Å². The Morgan fingerprint density at radius 3 is 2.55 bits per heavy atom. The molecule has 1 aromatic rings. The highest BCUT2D eigenvalue weighted by Crippen LogP contribution is 2.26. The van der Waals surface area contributed by atoms with Gasteiger partial charge in [0, 0.05) is 17.4 Å². The molecule has 0 spiro atoms.